The number of benzene rings is 2. The van der Waals surface area contributed by atoms with Gasteiger partial charge in [0.25, 0.3) is 0 Å². The Morgan fingerprint density at radius 1 is 1.00 bits per heavy atom. The highest BCUT2D eigenvalue weighted by Crippen LogP contribution is 2.12. The maximum atomic E-state index is 13.3. The zero-order valence-electron chi connectivity index (χ0n) is 11.7. The number of nitrogens with two attached hydrogens (primary N) is 1. The van der Waals surface area contributed by atoms with Gasteiger partial charge in [-0.1, -0.05) is 18.2 Å². The van der Waals surface area contributed by atoms with Crippen LogP contribution in [-0.2, 0) is 0 Å². The summed E-state index contributed by atoms with van der Waals surface area (Å²) in [7, 11) is 0. The second-order valence-electron chi connectivity index (χ2n) is 4.78. The molecular formula is C16H10FN3O3. The van der Waals surface area contributed by atoms with Gasteiger partial charge in [-0.15, -0.1) is 0 Å². The normalized spacial score (nSPS) is 11.8. The monoisotopic (exact) mass is 311 g/mol. The van der Waals surface area contributed by atoms with Crippen LogP contribution >= 0.6 is 0 Å². The molecule has 7 heteroatoms. The molecule has 0 unspecified atom stereocenters. The molecule has 2 amide bonds. The molecular weight excluding hydrogens is 301 g/mol. The molecule has 0 spiro atoms. The predicted octanol–water partition coefficient (Wildman–Crippen LogP) is 0.976. The smallest absolute Gasteiger partial charge is 0.340 e. The minimum Gasteiger partial charge on any atom is -0.350 e. The first-order valence-electron chi connectivity index (χ1n) is 6.61. The summed E-state index contributed by atoms with van der Waals surface area (Å²) in [5, 5.41) is 4.06. The first kappa shape index (κ1) is 14.6. The van der Waals surface area contributed by atoms with Gasteiger partial charge in [0, 0.05) is 10.8 Å². The lowest BCUT2D eigenvalue weighted by Crippen LogP contribution is -2.40. The first-order valence-corrected chi connectivity index (χ1v) is 6.61. The molecule has 0 atom stereocenters. The summed E-state index contributed by atoms with van der Waals surface area (Å²) >= 11 is 0. The van der Waals surface area contributed by atoms with Crippen LogP contribution in [-0.4, -0.2) is 6.03 Å². The van der Waals surface area contributed by atoms with E-state index in [0.29, 0.717) is 5.69 Å². The molecule has 114 valence electrons. The van der Waals surface area contributed by atoms with Crippen molar-refractivity contribution in [3.63, 3.8) is 0 Å². The Morgan fingerprint density at radius 3 is 2.30 bits per heavy atom. The fourth-order valence-corrected chi connectivity index (χ4v) is 2.25. The van der Waals surface area contributed by atoms with Crippen molar-refractivity contribution < 1.29 is 9.18 Å². The van der Waals surface area contributed by atoms with Gasteiger partial charge in [-0.2, -0.15) is 10.1 Å². The molecule has 0 aliphatic heterocycles. The standard InChI is InChI=1S/C16H10FN3O3/c17-9-6-7-11-12(8-9)15(22)13(14(11)21)19-20(16(18)23)10-4-2-1-3-5-10/h1-8H,(H2,18,23)/b19-13-. The average molecular weight is 311 g/mol. The van der Waals surface area contributed by atoms with Gasteiger partial charge in [0.05, 0.1) is 5.69 Å². The van der Waals surface area contributed by atoms with E-state index in [-0.39, 0.29) is 10.8 Å². The molecule has 6 nitrogen and oxygen atoms in total. The Hall–Kier alpha value is -3.35. The summed E-state index contributed by atoms with van der Waals surface area (Å²) in [6.45, 7) is 0. The van der Waals surface area contributed by atoms with Crippen LogP contribution < -0.4 is 27.0 Å². The largest absolute Gasteiger partial charge is 0.350 e. The number of primary amides is 1. The summed E-state index contributed by atoms with van der Waals surface area (Å²) in [5.74, 6) is -0.638. The lowest BCUT2D eigenvalue weighted by molar-refractivity contribution is 0.254. The van der Waals surface area contributed by atoms with E-state index in [1.54, 1.807) is 30.3 Å². The number of urea groups is 1. The van der Waals surface area contributed by atoms with Gasteiger partial charge in [-0.3, -0.25) is 9.59 Å². The number of para-hydroxylation sites is 1. The fourth-order valence-electron chi connectivity index (χ4n) is 2.25. The summed E-state index contributed by atoms with van der Waals surface area (Å²) in [6.07, 6.45) is 0. The van der Waals surface area contributed by atoms with Gasteiger partial charge in [0.1, 0.15) is 5.82 Å². The Morgan fingerprint density at radius 2 is 1.65 bits per heavy atom. The van der Waals surface area contributed by atoms with Crippen LogP contribution in [0.25, 0.3) is 10.8 Å². The lowest BCUT2D eigenvalue weighted by Gasteiger charge is -2.12. The van der Waals surface area contributed by atoms with E-state index < -0.39 is 28.1 Å². The van der Waals surface area contributed by atoms with Gasteiger partial charge in [-0.05, 0) is 30.3 Å². The van der Waals surface area contributed by atoms with Crippen LogP contribution in [0.4, 0.5) is 14.9 Å². The minimum atomic E-state index is -0.952. The van der Waals surface area contributed by atoms with Crippen molar-refractivity contribution in [3.05, 3.63) is 80.2 Å². The van der Waals surface area contributed by atoms with Crippen molar-refractivity contribution in [3.8, 4) is 0 Å². The number of hydrogen-bond acceptors (Lipinski definition) is 4. The maximum Gasteiger partial charge on any atom is 0.340 e. The molecule has 23 heavy (non-hydrogen) atoms. The lowest BCUT2D eigenvalue weighted by atomic mass is 10.2. The Balaban J connectivity index is 2.30. The van der Waals surface area contributed by atoms with Crippen LogP contribution in [0.2, 0.25) is 0 Å². The molecule has 0 radical (unpaired) electrons. The number of carbonyl (C=O) groups excluding carboxylic acids is 1. The van der Waals surface area contributed by atoms with Gasteiger partial charge in [-0.25, -0.2) is 9.18 Å². The van der Waals surface area contributed by atoms with Crippen molar-refractivity contribution in [2.45, 2.75) is 0 Å². The molecule has 3 aromatic carbocycles. The second kappa shape index (κ2) is 5.45. The maximum absolute atomic E-state index is 13.3. The third-order valence-corrected chi connectivity index (χ3v) is 3.31. The summed E-state index contributed by atoms with van der Waals surface area (Å²) in [6, 6.07) is 10.4. The third-order valence-electron chi connectivity index (χ3n) is 3.31. The molecule has 0 aliphatic carbocycles. The summed E-state index contributed by atoms with van der Waals surface area (Å²) < 4.78 is 13.3. The van der Waals surface area contributed by atoms with Crippen molar-refractivity contribution in [2.75, 3.05) is 5.01 Å². The zero-order valence-corrected chi connectivity index (χ0v) is 11.7. The van der Waals surface area contributed by atoms with Crippen LogP contribution in [0.1, 0.15) is 0 Å². The number of fused-ring (bicyclic) bond motifs is 1. The highest BCUT2D eigenvalue weighted by Gasteiger charge is 2.16. The van der Waals surface area contributed by atoms with E-state index in [0.717, 1.165) is 17.1 Å². The zero-order chi connectivity index (χ0) is 16.6. The quantitative estimate of drug-likeness (QED) is 0.715. The molecule has 0 aromatic heterocycles. The Labute approximate surface area is 128 Å². The average Bonchev–Trinajstić information content (AvgIpc) is 2.76. The molecule has 3 aromatic rings. The highest BCUT2D eigenvalue weighted by atomic mass is 19.1. The van der Waals surface area contributed by atoms with Crippen molar-refractivity contribution in [2.24, 2.45) is 10.8 Å². The van der Waals surface area contributed by atoms with E-state index in [9.17, 15) is 18.8 Å². The van der Waals surface area contributed by atoms with Crippen LogP contribution in [0.5, 0.6) is 0 Å². The molecule has 2 N–H and O–H groups in total. The molecule has 3 rings (SSSR count). The third kappa shape index (κ3) is 2.48. The molecule has 0 aliphatic rings. The minimum absolute atomic E-state index is 0.0487. The number of carbonyl (C=O) groups is 1. The highest BCUT2D eigenvalue weighted by molar-refractivity contribution is 5.90. The van der Waals surface area contributed by atoms with Gasteiger partial charge in [0.2, 0.25) is 10.9 Å². The number of hydrogen-bond donors (Lipinski definition) is 1. The number of anilines is 1. The van der Waals surface area contributed by atoms with Crippen LogP contribution in [0, 0.1) is 5.82 Å². The van der Waals surface area contributed by atoms with Crippen LogP contribution in [0.15, 0.2) is 63.2 Å². The van der Waals surface area contributed by atoms with E-state index in [1.807, 2.05) is 0 Å². The Bertz CT molecular complexity index is 1050. The predicted molar refractivity (Wildman–Crippen MR) is 82.9 cm³/mol. The molecule has 0 saturated carbocycles. The molecule has 0 bridgehead atoms. The second-order valence-corrected chi connectivity index (χ2v) is 4.78. The van der Waals surface area contributed by atoms with E-state index in [4.69, 9.17) is 5.73 Å². The topological polar surface area (TPSA) is 92.8 Å². The number of nitrogens with zero attached hydrogens (tertiary/aromatic N) is 2. The van der Waals surface area contributed by atoms with Crippen molar-refractivity contribution in [1.82, 2.24) is 0 Å². The number of rotatable bonds is 2. The van der Waals surface area contributed by atoms with E-state index in [2.05, 4.69) is 5.10 Å². The summed E-state index contributed by atoms with van der Waals surface area (Å²) in [4.78, 5) is 36.1. The van der Waals surface area contributed by atoms with Gasteiger partial charge < -0.3 is 5.73 Å². The fraction of sp³-hybridized carbons (Fsp3) is 0. The molecule has 0 saturated heterocycles. The molecule has 0 fully saturated rings. The van der Waals surface area contributed by atoms with Gasteiger partial charge >= 0.3 is 6.03 Å². The summed E-state index contributed by atoms with van der Waals surface area (Å²) in [5.41, 5.74) is 4.15. The number of amides is 2. The number of halogens is 1. The molecule has 0 heterocycles. The Kier molecular flexibility index (Phi) is 3.46. The SMILES string of the molecule is NC(=O)N(/N=c1/c(=O)c2ccc(F)cc2c1=O)c1ccccc1. The van der Waals surface area contributed by atoms with E-state index >= 15 is 0 Å². The first-order chi connectivity index (χ1) is 11.0. The van der Waals surface area contributed by atoms with Crippen LogP contribution in [0.3, 0.4) is 0 Å². The van der Waals surface area contributed by atoms with Crippen molar-refractivity contribution >= 4 is 22.5 Å². The van der Waals surface area contributed by atoms with Gasteiger partial charge in [0.15, 0.2) is 5.36 Å². The van der Waals surface area contributed by atoms with Crippen molar-refractivity contribution in [1.29, 1.82) is 0 Å². The van der Waals surface area contributed by atoms with E-state index in [1.165, 1.54) is 6.07 Å².